The molecule has 6 nitrogen and oxygen atoms in total. The zero-order valence-electron chi connectivity index (χ0n) is 11.0. The molecule has 0 spiro atoms. The number of aryl methyl sites for hydroxylation is 1. The third-order valence-corrected chi connectivity index (χ3v) is 6.40. The van der Waals surface area contributed by atoms with Crippen LogP contribution >= 0.6 is 11.6 Å². The van der Waals surface area contributed by atoms with Gasteiger partial charge in [0.1, 0.15) is 10.7 Å². The molecule has 1 unspecified atom stereocenters. The maximum Gasteiger partial charge on any atom is 0.188 e. The topological polar surface area (TPSA) is 98.2 Å². The van der Waals surface area contributed by atoms with Crippen LogP contribution in [0.4, 0.5) is 5.69 Å². The summed E-state index contributed by atoms with van der Waals surface area (Å²) in [5.74, 6) is 0.392. The van der Waals surface area contributed by atoms with Gasteiger partial charge in [0.05, 0.1) is 16.0 Å². The number of halogens is 1. The number of phenolic OH excluding ortho intramolecular Hbond substituents is 1. The van der Waals surface area contributed by atoms with Gasteiger partial charge in [-0.05, 0) is 18.6 Å². The zero-order valence-corrected chi connectivity index (χ0v) is 12.6. The van der Waals surface area contributed by atoms with Gasteiger partial charge in [0, 0.05) is 25.4 Å². The molecule has 0 fully saturated rings. The third kappa shape index (κ3) is 2.26. The number of nitrogens with zero attached hydrogens (tertiary/aromatic N) is 2. The lowest BCUT2D eigenvalue weighted by Crippen LogP contribution is -2.32. The Morgan fingerprint density at radius 3 is 2.95 bits per heavy atom. The van der Waals surface area contributed by atoms with Crippen molar-refractivity contribution in [3.63, 3.8) is 0 Å². The van der Waals surface area contributed by atoms with Gasteiger partial charge in [-0.1, -0.05) is 11.6 Å². The fourth-order valence-corrected chi connectivity index (χ4v) is 4.91. The summed E-state index contributed by atoms with van der Waals surface area (Å²) in [6, 6.07) is 2.76. The lowest BCUT2D eigenvalue weighted by Gasteiger charge is -2.24. The van der Waals surface area contributed by atoms with E-state index in [0.29, 0.717) is 19.4 Å². The van der Waals surface area contributed by atoms with Crippen molar-refractivity contribution in [3.8, 4) is 5.75 Å². The van der Waals surface area contributed by atoms with E-state index in [2.05, 4.69) is 4.98 Å². The van der Waals surface area contributed by atoms with Crippen LogP contribution in [0.3, 0.4) is 0 Å². The second-order valence-electron chi connectivity index (χ2n) is 5.02. The quantitative estimate of drug-likeness (QED) is 0.645. The molecule has 1 aliphatic rings. The molecule has 2 heterocycles. The van der Waals surface area contributed by atoms with Gasteiger partial charge in [-0.3, -0.25) is 0 Å². The second-order valence-corrected chi connectivity index (χ2v) is 7.59. The minimum Gasteiger partial charge on any atom is -0.504 e. The number of aromatic hydroxyl groups is 1. The molecule has 1 aromatic heterocycles. The first-order valence-corrected chi connectivity index (χ1v) is 8.34. The SMILES string of the molecule is Nc1ccc(Cl)c(S(=O)(=O)C2CCc3nccn3C2)c1O. The van der Waals surface area contributed by atoms with Gasteiger partial charge >= 0.3 is 0 Å². The molecule has 0 saturated heterocycles. The maximum absolute atomic E-state index is 12.8. The Hall–Kier alpha value is -1.73. The summed E-state index contributed by atoms with van der Waals surface area (Å²) in [6.07, 6.45) is 4.40. The number of sulfone groups is 1. The van der Waals surface area contributed by atoms with E-state index in [1.807, 2.05) is 4.57 Å². The average molecular weight is 328 g/mol. The number of nitrogens with two attached hydrogens (primary N) is 1. The van der Waals surface area contributed by atoms with E-state index in [4.69, 9.17) is 17.3 Å². The summed E-state index contributed by atoms with van der Waals surface area (Å²) < 4.78 is 27.4. The number of rotatable bonds is 2. The molecule has 0 amide bonds. The van der Waals surface area contributed by atoms with Gasteiger partial charge in [-0.2, -0.15) is 0 Å². The number of hydrogen-bond acceptors (Lipinski definition) is 5. The molecule has 1 aromatic carbocycles. The Labute approximate surface area is 127 Å². The zero-order chi connectivity index (χ0) is 15.2. The van der Waals surface area contributed by atoms with Crippen LogP contribution in [0.25, 0.3) is 0 Å². The normalized spacial score (nSPS) is 18.4. The highest BCUT2D eigenvalue weighted by Crippen LogP contribution is 2.38. The number of fused-ring (bicyclic) bond motifs is 1. The van der Waals surface area contributed by atoms with Crippen LogP contribution in [-0.4, -0.2) is 28.3 Å². The van der Waals surface area contributed by atoms with E-state index in [0.717, 1.165) is 5.82 Å². The summed E-state index contributed by atoms with van der Waals surface area (Å²) >= 11 is 5.97. The first-order chi connectivity index (χ1) is 9.91. The van der Waals surface area contributed by atoms with Crippen molar-refractivity contribution in [1.29, 1.82) is 0 Å². The maximum atomic E-state index is 12.8. The van der Waals surface area contributed by atoms with Crippen molar-refractivity contribution in [2.75, 3.05) is 5.73 Å². The Kier molecular flexibility index (Phi) is 3.33. The number of imidazole rings is 1. The molecule has 0 aliphatic carbocycles. The summed E-state index contributed by atoms with van der Waals surface area (Å²) in [4.78, 5) is 3.89. The minimum atomic E-state index is -3.78. The van der Waals surface area contributed by atoms with E-state index in [1.54, 1.807) is 12.4 Å². The minimum absolute atomic E-state index is 0.00268. The highest BCUT2D eigenvalue weighted by Gasteiger charge is 2.35. The van der Waals surface area contributed by atoms with Gasteiger partial charge in [0.15, 0.2) is 15.6 Å². The number of benzene rings is 1. The molecular weight excluding hydrogens is 314 g/mol. The van der Waals surface area contributed by atoms with Gasteiger partial charge in [0.25, 0.3) is 0 Å². The van der Waals surface area contributed by atoms with Crippen molar-refractivity contribution in [2.24, 2.45) is 0 Å². The van der Waals surface area contributed by atoms with Crippen molar-refractivity contribution >= 4 is 27.1 Å². The van der Waals surface area contributed by atoms with Crippen LogP contribution in [0.15, 0.2) is 29.4 Å². The monoisotopic (exact) mass is 327 g/mol. The molecule has 1 atom stereocenters. The van der Waals surface area contributed by atoms with Crippen LogP contribution < -0.4 is 5.73 Å². The smallest absolute Gasteiger partial charge is 0.188 e. The fraction of sp³-hybridized carbons (Fsp3) is 0.308. The second kappa shape index (κ2) is 4.92. The molecule has 21 heavy (non-hydrogen) atoms. The van der Waals surface area contributed by atoms with Crippen LogP contribution in [0.5, 0.6) is 5.75 Å². The van der Waals surface area contributed by atoms with Gasteiger partial charge in [-0.25, -0.2) is 13.4 Å². The predicted octanol–water partition coefficient (Wildman–Crippen LogP) is 1.61. The molecule has 3 N–H and O–H groups in total. The molecule has 0 radical (unpaired) electrons. The summed E-state index contributed by atoms with van der Waals surface area (Å²) in [6.45, 7) is 0.294. The van der Waals surface area contributed by atoms with Crippen molar-refractivity contribution < 1.29 is 13.5 Å². The van der Waals surface area contributed by atoms with Crippen molar-refractivity contribution in [3.05, 3.63) is 35.4 Å². The largest absolute Gasteiger partial charge is 0.504 e. The summed E-state index contributed by atoms with van der Waals surface area (Å²) in [5, 5.41) is 9.31. The van der Waals surface area contributed by atoms with E-state index in [1.165, 1.54) is 12.1 Å². The molecule has 0 saturated carbocycles. The van der Waals surface area contributed by atoms with Crippen molar-refractivity contribution in [2.45, 2.75) is 29.5 Å². The van der Waals surface area contributed by atoms with E-state index in [9.17, 15) is 13.5 Å². The molecule has 8 heteroatoms. The lowest BCUT2D eigenvalue weighted by molar-refractivity contribution is 0.456. The standard InChI is InChI=1S/C13H14ClN3O3S/c14-9-2-3-10(15)12(18)13(9)21(19,20)8-1-4-11-16-5-6-17(11)7-8/h2-3,5-6,8,18H,1,4,7,15H2. The molecule has 3 rings (SSSR count). The first-order valence-electron chi connectivity index (χ1n) is 6.42. The number of nitrogen functional groups attached to an aromatic ring is 1. The number of hydrogen-bond donors (Lipinski definition) is 2. The summed E-state index contributed by atoms with van der Waals surface area (Å²) in [5.41, 5.74) is 5.58. The van der Waals surface area contributed by atoms with Gasteiger partial charge < -0.3 is 15.4 Å². The number of aromatic nitrogens is 2. The molecular formula is C13H14ClN3O3S. The Bertz CT molecular complexity index is 801. The highest BCUT2D eigenvalue weighted by molar-refractivity contribution is 7.92. The first kappa shape index (κ1) is 14.2. The average Bonchev–Trinajstić information content (AvgIpc) is 2.90. The van der Waals surface area contributed by atoms with Crippen molar-refractivity contribution in [1.82, 2.24) is 9.55 Å². The molecule has 112 valence electrons. The van der Waals surface area contributed by atoms with Gasteiger partial charge in [0.2, 0.25) is 0 Å². The number of anilines is 1. The van der Waals surface area contributed by atoms with Crippen LogP contribution in [-0.2, 0) is 22.8 Å². The van der Waals surface area contributed by atoms with Crippen LogP contribution in [0.1, 0.15) is 12.2 Å². The molecule has 0 bridgehead atoms. The Morgan fingerprint density at radius 2 is 2.19 bits per heavy atom. The molecule has 1 aliphatic heterocycles. The third-order valence-electron chi connectivity index (χ3n) is 3.73. The Morgan fingerprint density at radius 1 is 1.43 bits per heavy atom. The predicted molar refractivity (Wildman–Crippen MR) is 79.1 cm³/mol. The van der Waals surface area contributed by atoms with Crippen LogP contribution in [0.2, 0.25) is 5.02 Å². The van der Waals surface area contributed by atoms with E-state index >= 15 is 0 Å². The van der Waals surface area contributed by atoms with E-state index < -0.39 is 20.8 Å². The highest BCUT2D eigenvalue weighted by atomic mass is 35.5. The molecule has 2 aromatic rings. The van der Waals surface area contributed by atoms with Gasteiger partial charge in [-0.15, -0.1) is 0 Å². The van der Waals surface area contributed by atoms with Crippen LogP contribution in [0, 0.1) is 0 Å². The lowest BCUT2D eigenvalue weighted by atomic mass is 10.1. The summed E-state index contributed by atoms with van der Waals surface area (Å²) in [7, 11) is -3.78. The Balaban J connectivity index is 2.05. The fourth-order valence-electron chi connectivity index (χ4n) is 2.59. The van der Waals surface area contributed by atoms with E-state index in [-0.39, 0.29) is 15.6 Å². The number of phenols is 1.